The first kappa shape index (κ1) is 14.0. The molecule has 0 radical (unpaired) electrons. The maximum atomic E-state index is 13.8. The van der Waals surface area contributed by atoms with E-state index in [1.54, 1.807) is 23.1 Å². The first-order valence-electron chi connectivity index (χ1n) is 6.33. The van der Waals surface area contributed by atoms with Gasteiger partial charge in [0.2, 0.25) is 0 Å². The Labute approximate surface area is 116 Å². The van der Waals surface area contributed by atoms with E-state index in [0.717, 1.165) is 0 Å². The number of hydrogen-bond donors (Lipinski definition) is 0. The van der Waals surface area contributed by atoms with E-state index < -0.39 is 5.82 Å². The van der Waals surface area contributed by atoms with Gasteiger partial charge >= 0.3 is 0 Å². The average molecular weight is 272 g/mol. The molecule has 0 atom stereocenters. The summed E-state index contributed by atoms with van der Waals surface area (Å²) in [5, 5.41) is 8.86. The van der Waals surface area contributed by atoms with Gasteiger partial charge in [-0.3, -0.25) is 0 Å². The number of nitrogens with zero attached hydrogens (tertiary/aromatic N) is 2. The summed E-state index contributed by atoms with van der Waals surface area (Å²) in [4.78, 5) is 1.73. The lowest BCUT2D eigenvalue weighted by Gasteiger charge is -2.24. The Morgan fingerprint density at radius 1 is 1.10 bits per heavy atom. The molecule has 0 N–H and O–H groups in total. The van der Waals surface area contributed by atoms with Crippen LogP contribution in [0, 0.1) is 23.0 Å². The molecule has 0 amide bonds. The van der Waals surface area contributed by atoms with E-state index in [2.05, 4.69) is 0 Å². The molecular weight excluding hydrogens is 258 g/mol. The van der Waals surface area contributed by atoms with E-state index >= 15 is 0 Å². The second-order valence-electron chi connectivity index (χ2n) is 4.38. The highest BCUT2D eigenvalue weighted by Crippen LogP contribution is 2.22. The van der Waals surface area contributed by atoms with Gasteiger partial charge in [0.05, 0.1) is 17.3 Å². The zero-order valence-corrected chi connectivity index (χ0v) is 11.1. The predicted octanol–water partition coefficient (Wildman–Crippen LogP) is 3.86. The zero-order chi connectivity index (χ0) is 14.5. The van der Waals surface area contributed by atoms with Crippen molar-refractivity contribution in [2.75, 3.05) is 11.4 Å². The van der Waals surface area contributed by atoms with Gasteiger partial charge in [-0.1, -0.05) is 12.1 Å². The number of nitriles is 1. The van der Waals surface area contributed by atoms with E-state index in [1.165, 1.54) is 24.3 Å². The molecule has 0 aliphatic rings. The van der Waals surface area contributed by atoms with Crippen molar-refractivity contribution < 1.29 is 8.78 Å². The van der Waals surface area contributed by atoms with Crippen LogP contribution in [-0.4, -0.2) is 6.54 Å². The third-order valence-corrected chi connectivity index (χ3v) is 3.11. The third-order valence-electron chi connectivity index (χ3n) is 3.11. The SMILES string of the molecule is CCN(Cc1cc(C#N)ccc1F)c1ccccc1F. The topological polar surface area (TPSA) is 27.0 Å². The molecule has 0 aromatic heterocycles. The molecule has 2 rings (SSSR count). The lowest BCUT2D eigenvalue weighted by Crippen LogP contribution is -2.23. The Morgan fingerprint density at radius 3 is 2.50 bits per heavy atom. The van der Waals surface area contributed by atoms with Gasteiger partial charge in [0.15, 0.2) is 0 Å². The number of hydrogen-bond acceptors (Lipinski definition) is 2. The summed E-state index contributed by atoms with van der Waals surface area (Å²) in [5.41, 5.74) is 1.21. The van der Waals surface area contributed by atoms with Gasteiger partial charge in [0, 0.05) is 18.7 Å². The highest BCUT2D eigenvalue weighted by Gasteiger charge is 2.12. The van der Waals surface area contributed by atoms with Gasteiger partial charge in [-0.05, 0) is 37.3 Å². The van der Waals surface area contributed by atoms with Gasteiger partial charge < -0.3 is 4.90 Å². The number of anilines is 1. The fourth-order valence-electron chi connectivity index (χ4n) is 2.05. The second-order valence-corrected chi connectivity index (χ2v) is 4.38. The molecule has 20 heavy (non-hydrogen) atoms. The maximum Gasteiger partial charge on any atom is 0.146 e. The molecule has 2 nitrogen and oxygen atoms in total. The number of para-hydroxylation sites is 1. The van der Waals surface area contributed by atoms with Crippen molar-refractivity contribution >= 4 is 5.69 Å². The van der Waals surface area contributed by atoms with Crippen molar-refractivity contribution in [1.29, 1.82) is 5.26 Å². The van der Waals surface area contributed by atoms with E-state index in [0.29, 0.717) is 23.4 Å². The van der Waals surface area contributed by atoms with Crippen molar-refractivity contribution in [1.82, 2.24) is 0 Å². The van der Waals surface area contributed by atoms with Crippen molar-refractivity contribution in [3.8, 4) is 6.07 Å². The van der Waals surface area contributed by atoms with E-state index in [-0.39, 0.29) is 12.4 Å². The van der Waals surface area contributed by atoms with Crippen LogP contribution in [0.25, 0.3) is 0 Å². The van der Waals surface area contributed by atoms with Crippen LogP contribution >= 0.6 is 0 Å². The van der Waals surface area contributed by atoms with Crippen LogP contribution in [0.1, 0.15) is 18.1 Å². The molecule has 0 aliphatic carbocycles. The predicted molar refractivity (Wildman–Crippen MR) is 74.2 cm³/mol. The van der Waals surface area contributed by atoms with Crippen molar-refractivity contribution in [2.45, 2.75) is 13.5 Å². The quantitative estimate of drug-likeness (QED) is 0.845. The summed E-state index contributed by atoms with van der Waals surface area (Å²) in [6.07, 6.45) is 0. The molecule has 0 saturated heterocycles. The fourth-order valence-corrected chi connectivity index (χ4v) is 2.05. The Balaban J connectivity index is 2.32. The molecular formula is C16H14F2N2. The smallest absolute Gasteiger partial charge is 0.146 e. The minimum atomic E-state index is -0.390. The number of halogens is 2. The number of rotatable bonds is 4. The van der Waals surface area contributed by atoms with E-state index in [9.17, 15) is 8.78 Å². The van der Waals surface area contributed by atoms with Gasteiger partial charge in [0.25, 0.3) is 0 Å². The van der Waals surface area contributed by atoms with Crippen LogP contribution in [0.5, 0.6) is 0 Å². The van der Waals surface area contributed by atoms with E-state index in [4.69, 9.17) is 5.26 Å². The molecule has 0 heterocycles. The van der Waals surface area contributed by atoms with Crippen LogP contribution in [-0.2, 0) is 6.54 Å². The summed E-state index contributed by atoms with van der Waals surface area (Å²) in [7, 11) is 0. The maximum absolute atomic E-state index is 13.8. The van der Waals surface area contributed by atoms with Crippen LogP contribution in [0.3, 0.4) is 0 Å². The minimum absolute atomic E-state index is 0.221. The highest BCUT2D eigenvalue weighted by molar-refractivity contribution is 5.48. The summed E-state index contributed by atoms with van der Waals surface area (Å²) < 4.78 is 27.6. The molecule has 102 valence electrons. The van der Waals surface area contributed by atoms with Gasteiger partial charge in [-0.15, -0.1) is 0 Å². The first-order valence-corrected chi connectivity index (χ1v) is 6.33. The highest BCUT2D eigenvalue weighted by atomic mass is 19.1. The van der Waals surface area contributed by atoms with Crippen molar-refractivity contribution in [3.63, 3.8) is 0 Å². The van der Waals surface area contributed by atoms with Crippen LogP contribution in [0.15, 0.2) is 42.5 Å². The average Bonchev–Trinajstić information content (AvgIpc) is 2.47. The van der Waals surface area contributed by atoms with Gasteiger partial charge in [-0.2, -0.15) is 5.26 Å². The molecule has 2 aromatic carbocycles. The van der Waals surface area contributed by atoms with Gasteiger partial charge in [-0.25, -0.2) is 8.78 Å². The molecule has 0 spiro atoms. The largest absolute Gasteiger partial charge is 0.365 e. The Kier molecular flexibility index (Phi) is 4.31. The molecule has 0 saturated carbocycles. The Bertz CT molecular complexity index is 647. The molecule has 2 aromatic rings. The van der Waals surface area contributed by atoms with Gasteiger partial charge in [0.1, 0.15) is 11.6 Å². The fraction of sp³-hybridized carbons (Fsp3) is 0.188. The molecule has 0 bridgehead atoms. The summed E-state index contributed by atoms with van der Waals surface area (Å²) in [5.74, 6) is -0.731. The summed E-state index contributed by atoms with van der Waals surface area (Å²) >= 11 is 0. The minimum Gasteiger partial charge on any atom is -0.365 e. The van der Waals surface area contributed by atoms with Crippen molar-refractivity contribution in [2.24, 2.45) is 0 Å². The van der Waals surface area contributed by atoms with E-state index in [1.807, 2.05) is 13.0 Å². The van der Waals surface area contributed by atoms with Crippen LogP contribution < -0.4 is 4.90 Å². The molecule has 4 heteroatoms. The second kappa shape index (κ2) is 6.16. The first-order chi connectivity index (χ1) is 9.65. The summed E-state index contributed by atoms with van der Waals surface area (Å²) in [6, 6.07) is 12.6. The summed E-state index contributed by atoms with van der Waals surface area (Å²) in [6.45, 7) is 2.63. The normalized spacial score (nSPS) is 10.1. The molecule has 0 aliphatic heterocycles. The Morgan fingerprint density at radius 2 is 1.85 bits per heavy atom. The van der Waals surface area contributed by atoms with Crippen molar-refractivity contribution in [3.05, 3.63) is 65.2 Å². The monoisotopic (exact) mass is 272 g/mol. The lowest BCUT2D eigenvalue weighted by molar-refractivity contribution is 0.596. The van der Waals surface area contributed by atoms with Crippen LogP contribution in [0.2, 0.25) is 0 Å². The molecule has 0 unspecified atom stereocenters. The molecule has 0 fully saturated rings. The zero-order valence-electron chi connectivity index (χ0n) is 11.1. The Hall–Kier alpha value is -2.41. The van der Waals surface area contributed by atoms with Crippen LogP contribution in [0.4, 0.5) is 14.5 Å². The third kappa shape index (κ3) is 2.94. The number of benzene rings is 2. The lowest BCUT2D eigenvalue weighted by atomic mass is 10.1. The standard InChI is InChI=1S/C16H14F2N2/c1-2-20(16-6-4-3-5-15(16)18)11-13-9-12(10-19)7-8-14(13)17/h3-9H,2,11H2,1H3.